The minimum atomic E-state index is -0.758. The van der Waals surface area contributed by atoms with E-state index in [9.17, 15) is 9.90 Å². The fourth-order valence-corrected chi connectivity index (χ4v) is 2.09. The molecule has 0 aromatic heterocycles. The third-order valence-corrected chi connectivity index (χ3v) is 3.28. The highest BCUT2D eigenvalue weighted by molar-refractivity contribution is 5.76. The van der Waals surface area contributed by atoms with Crippen LogP contribution < -0.4 is 5.32 Å². The van der Waals surface area contributed by atoms with Gasteiger partial charge in [-0.25, -0.2) is 0 Å². The first-order chi connectivity index (χ1) is 10.6. The Balaban J connectivity index is 2.67. The van der Waals surface area contributed by atoms with Gasteiger partial charge in [-0.1, -0.05) is 26.0 Å². The molecule has 1 rings (SSSR count). The number of aliphatic hydroxyl groups is 1. The number of hydrogen-bond donors (Lipinski definition) is 2. The van der Waals surface area contributed by atoms with Gasteiger partial charge in [0.1, 0.15) is 11.6 Å². The summed E-state index contributed by atoms with van der Waals surface area (Å²) in [6.07, 6.45) is -0.758. The van der Waals surface area contributed by atoms with E-state index in [0.717, 1.165) is 0 Å². The van der Waals surface area contributed by atoms with Gasteiger partial charge in [-0.05, 0) is 44.4 Å². The molecule has 2 atom stereocenters. The van der Waals surface area contributed by atoms with Gasteiger partial charge in [-0.2, -0.15) is 5.26 Å². The highest BCUT2D eigenvalue weighted by atomic mass is 16.6. The summed E-state index contributed by atoms with van der Waals surface area (Å²) < 4.78 is 5.41. The Bertz CT molecular complexity index is 553. The maximum Gasteiger partial charge on any atom is 0.323 e. The number of carbonyl (C=O) groups is 1. The van der Waals surface area contributed by atoms with Crippen molar-refractivity contribution in [1.29, 1.82) is 5.26 Å². The summed E-state index contributed by atoms with van der Waals surface area (Å²) in [6.45, 7) is 9.56. The summed E-state index contributed by atoms with van der Waals surface area (Å²) in [5.74, 6) is -0.280. The number of hydrogen-bond acceptors (Lipinski definition) is 5. The second kappa shape index (κ2) is 8.09. The SMILES string of the molecule is CC(C)[C@@H](NCC(O)c1ccc(C#N)cc1)C(=O)OC(C)(C)C. The van der Waals surface area contributed by atoms with Crippen molar-refractivity contribution in [3.63, 3.8) is 0 Å². The summed E-state index contributed by atoms with van der Waals surface area (Å²) in [6, 6.07) is 8.29. The number of esters is 1. The van der Waals surface area contributed by atoms with Crippen LogP contribution in [0.4, 0.5) is 0 Å². The Morgan fingerprint density at radius 1 is 1.30 bits per heavy atom. The van der Waals surface area contributed by atoms with Gasteiger partial charge in [-0.3, -0.25) is 4.79 Å². The van der Waals surface area contributed by atoms with Gasteiger partial charge in [0.25, 0.3) is 0 Å². The molecule has 5 heteroatoms. The molecule has 1 aromatic rings. The van der Waals surface area contributed by atoms with E-state index in [-0.39, 0.29) is 18.4 Å². The lowest BCUT2D eigenvalue weighted by atomic mass is 10.0. The van der Waals surface area contributed by atoms with Crippen LogP contribution in [0.3, 0.4) is 0 Å². The third-order valence-electron chi connectivity index (χ3n) is 3.28. The summed E-state index contributed by atoms with van der Waals surface area (Å²) in [7, 11) is 0. The van der Waals surface area contributed by atoms with Crippen molar-refractivity contribution >= 4 is 5.97 Å². The zero-order valence-electron chi connectivity index (χ0n) is 14.5. The van der Waals surface area contributed by atoms with Crippen LogP contribution >= 0.6 is 0 Å². The van der Waals surface area contributed by atoms with Gasteiger partial charge in [0, 0.05) is 6.54 Å². The number of nitrogens with zero attached hydrogens (tertiary/aromatic N) is 1. The van der Waals surface area contributed by atoms with Gasteiger partial charge in [0.2, 0.25) is 0 Å². The average Bonchev–Trinajstić information content (AvgIpc) is 2.45. The molecule has 1 aromatic carbocycles. The minimum absolute atomic E-state index is 0.0398. The standard InChI is InChI=1S/C18H26N2O3/c1-12(2)16(17(22)23-18(3,4)5)20-11-15(21)14-8-6-13(10-19)7-9-14/h6-9,12,15-16,20-21H,11H2,1-5H3/t15?,16-/m1/s1. The molecule has 126 valence electrons. The van der Waals surface area contributed by atoms with Gasteiger partial charge in [-0.15, -0.1) is 0 Å². The highest BCUT2D eigenvalue weighted by Crippen LogP contribution is 2.16. The van der Waals surface area contributed by atoms with E-state index < -0.39 is 17.7 Å². The van der Waals surface area contributed by atoms with E-state index in [1.165, 1.54) is 0 Å². The molecule has 2 N–H and O–H groups in total. The fourth-order valence-electron chi connectivity index (χ4n) is 2.09. The van der Waals surface area contributed by atoms with Crippen molar-refractivity contribution in [3.05, 3.63) is 35.4 Å². The Hall–Kier alpha value is -1.90. The fraction of sp³-hybridized carbons (Fsp3) is 0.556. The molecular formula is C18H26N2O3. The van der Waals surface area contributed by atoms with E-state index in [1.54, 1.807) is 24.3 Å². The van der Waals surface area contributed by atoms with Crippen LogP contribution in [0.1, 0.15) is 51.8 Å². The predicted molar refractivity (Wildman–Crippen MR) is 88.6 cm³/mol. The van der Waals surface area contributed by atoms with E-state index >= 15 is 0 Å². The lowest BCUT2D eigenvalue weighted by Gasteiger charge is -2.27. The van der Waals surface area contributed by atoms with Crippen LogP contribution in [0, 0.1) is 17.2 Å². The number of nitriles is 1. The quantitative estimate of drug-likeness (QED) is 0.788. The molecule has 0 aliphatic heterocycles. The Labute approximate surface area is 138 Å². The van der Waals surface area contributed by atoms with Gasteiger partial charge < -0.3 is 15.2 Å². The second-order valence-corrected chi connectivity index (χ2v) is 6.91. The van der Waals surface area contributed by atoms with Crippen molar-refractivity contribution in [2.45, 2.75) is 52.4 Å². The number of ether oxygens (including phenoxy) is 1. The number of carbonyl (C=O) groups excluding carboxylic acids is 1. The first-order valence-corrected chi connectivity index (χ1v) is 7.78. The van der Waals surface area contributed by atoms with Crippen LogP contribution in [-0.4, -0.2) is 29.3 Å². The largest absolute Gasteiger partial charge is 0.459 e. The smallest absolute Gasteiger partial charge is 0.323 e. The van der Waals surface area contributed by atoms with Crippen molar-refractivity contribution in [2.75, 3.05) is 6.54 Å². The van der Waals surface area contributed by atoms with E-state index in [1.807, 2.05) is 40.7 Å². The van der Waals surface area contributed by atoms with E-state index in [0.29, 0.717) is 11.1 Å². The van der Waals surface area contributed by atoms with Crippen LogP contribution in [0.2, 0.25) is 0 Å². The molecular weight excluding hydrogens is 292 g/mol. The number of aliphatic hydroxyl groups excluding tert-OH is 1. The van der Waals surface area contributed by atoms with Crippen molar-refractivity contribution in [2.24, 2.45) is 5.92 Å². The molecule has 0 amide bonds. The predicted octanol–water partition coefficient (Wildman–Crippen LogP) is 2.55. The van der Waals surface area contributed by atoms with Crippen LogP contribution in [0.25, 0.3) is 0 Å². The van der Waals surface area contributed by atoms with E-state index in [2.05, 4.69) is 5.32 Å². The highest BCUT2D eigenvalue weighted by Gasteiger charge is 2.28. The molecule has 0 spiro atoms. The van der Waals surface area contributed by atoms with Crippen LogP contribution in [-0.2, 0) is 9.53 Å². The molecule has 0 bridgehead atoms. The van der Waals surface area contributed by atoms with Crippen molar-refractivity contribution in [3.8, 4) is 6.07 Å². The zero-order chi connectivity index (χ0) is 17.6. The normalized spacial score (nSPS) is 14.2. The summed E-state index contributed by atoms with van der Waals surface area (Å²) in [5.41, 5.74) is 0.698. The minimum Gasteiger partial charge on any atom is -0.459 e. The number of nitrogens with one attached hydrogen (secondary N) is 1. The number of benzene rings is 1. The maximum atomic E-state index is 12.2. The topological polar surface area (TPSA) is 82.4 Å². The molecule has 0 radical (unpaired) electrons. The average molecular weight is 318 g/mol. The first kappa shape index (κ1) is 19.1. The van der Waals surface area contributed by atoms with Gasteiger partial charge in [0.15, 0.2) is 0 Å². The summed E-state index contributed by atoms with van der Waals surface area (Å²) in [4.78, 5) is 12.2. The van der Waals surface area contributed by atoms with Gasteiger partial charge >= 0.3 is 5.97 Å². The molecule has 0 saturated heterocycles. The van der Waals surface area contributed by atoms with Gasteiger partial charge in [0.05, 0.1) is 17.7 Å². The second-order valence-electron chi connectivity index (χ2n) is 6.91. The zero-order valence-corrected chi connectivity index (χ0v) is 14.5. The molecule has 23 heavy (non-hydrogen) atoms. The van der Waals surface area contributed by atoms with Crippen LogP contribution in [0.15, 0.2) is 24.3 Å². The Kier molecular flexibility index (Phi) is 6.74. The number of rotatable bonds is 6. The monoisotopic (exact) mass is 318 g/mol. The lowest BCUT2D eigenvalue weighted by molar-refractivity contribution is -0.158. The third kappa shape index (κ3) is 6.39. The molecule has 0 fully saturated rings. The van der Waals surface area contributed by atoms with Crippen molar-refractivity contribution in [1.82, 2.24) is 5.32 Å². The molecule has 0 saturated carbocycles. The summed E-state index contributed by atoms with van der Waals surface area (Å²) >= 11 is 0. The lowest BCUT2D eigenvalue weighted by Crippen LogP contribution is -2.46. The maximum absolute atomic E-state index is 12.2. The first-order valence-electron chi connectivity index (χ1n) is 7.78. The van der Waals surface area contributed by atoms with Crippen LogP contribution in [0.5, 0.6) is 0 Å². The Morgan fingerprint density at radius 3 is 2.30 bits per heavy atom. The molecule has 5 nitrogen and oxygen atoms in total. The van der Waals surface area contributed by atoms with E-state index in [4.69, 9.17) is 10.00 Å². The Morgan fingerprint density at radius 2 is 1.87 bits per heavy atom. The molecule has 0 aliphatic rings. The summed E-state index contributed by atoms with van der Waals surface area (Å²) in [5, 5.41) is 22.1. The molecule has 1 unspecified atom stereocenters. The molecule has 0 aliphatic carbocycles. The molecule has 0 heterocycles. The van der Waals surface area contributed by atoms with Crippen molar-refractivity contribution < 1.29 is 14.6 Å².